The van der Waals surface area contributed by atoms with Gasteiger partial charge in [0.2, 0.25) is 0 Å². The van der Waals surface area contributed by atoms with Gasteiger partial charge in [0.25, 0.3) is 15.9 Å². The fraction of sp³-hybridized carbons (Fsp3) is 0.316. The molecule has 0 spiro atoms. The average molecular weight is 376 g/mol. The Balaban J connectivity index is 1.87. The Labute approximate surface area is 152 Å². The molecule has 2 aromatic carbocycles. The first kappa shape index (κ1) is 18.4. The third-order valence-corrected chi connectivity index (χ3v) is 5.80. The molecule has 1 amide bonds. The summed E-state index contributed by atoms with van der Waals surface area (Å²) in [6.45, 7) is 1.36. The third-order valence-electron chi connectivity index (χ3n) is 4.42. The summed E-state index contributed by atoms with van der Waals surface area (Å²) in [5.74, 6) is -0.690. The number of carbonyl (C=O) groups excluding carboxylic acids is 1. The fourth-order valence-corrected chi connectivity index (χ4v) is 4.10. The molecule has 0 saturated carbocycles. The quantitative estimate of drug-likeness (QED) is 0.886. The predicted molar refractivity (Wildman–Crippen MR) is 98.0 cm³/mol. The molecule has 1 saturated heterocycles. The van der Waals surface area contributed by atoms with E-state index in [1.54, 1.807) is 29.2 Å². The van der Waals surface area contributed by atoms with Crippen molar-refractivity contribution in [2.75, 3.05) is 17.8 Å². The summed E-state index contributed by atoms with van der Waals surface area (Å²) in [6, 6.07) is 11.1. The van der Waals surface area contributed by atoms with Gasteiger partial charge in [-0.1, -0.05) is 25.0 Å². The van der Waals surface area contributed by atoms with Crippen LogP contribution in [0, 0.1) is 5.82 Å². The normalized spacial score (nSPS) is 15.3. The van der Waals surface area contributed by atoms with Crippen molar-refractivity contribution >= 4 is 21.6 Å². The van der Waals surface area contributed by atoms with Crippen LogP contribution < -0.4 is 4.72 Å². The minimum atomic E-state index is -3.91. The maximum absolute atomic E-state index is 13.0. The lowest BCUT2D eigenvalue weighted by Crippen LogP contribution is -2.32. The van der Waals surface area contributed by atoms with Gasteiger partial charge in [-0.05, 0) is 49.2 Å². The number of rotatable bonds is 4. The first-order valence-electron chi connectivity index (χ1n) is 8.64. The second kappa shape index (κ2) is 7.86. The Morgan fingerprint density at radius 3 is 2.19 bits per heavy atom. The van der Waals surface area contributed by atoms with Gasteiger partial charge in [-0.2, -0.15) is 0 Å². The maximum atomic E-state index is 13.0. The van der Waals surface area contributed by atoms with Crippen molar-refractivity contribution in [3.05, 3.63) is 59.9 Å². The molecular weight excluding hydrogens is 355 g/mol. The standard InChI is InChI=1S/C19H21FN2O3S/c20-15-9-11-16(12-10-15)26(24,25)21-18-8-4-3-7-17(18)19(23)22-13-5-1-2-6-14-22/h3-4,7-12,21H,1-2,5-6,13-14H2. The first-order valence-corrected chi connectivity index (χ1v) is 10.1. The van der Waals surface area contributed by atoms with Gasteiger partial charge in [0.05, 0.1) is 16.1 Å². The number of benzene rings is 2. The Bertz CT molecular complexity index is 874. The van der Waals surface area contributed by atoms with Crippen LogP contribution in [0.25, 0.3) is 0 Å². The maximum Gasteiger partial charge on any atom is 0.261 e. The largest absolute Gasteiger partial charge is 0.339 e. The van der Waals surface area contributed by atoms with Crippen molar-refractivity contribution < 1.29 is 17.6 Å². The van der Waals surface area contributed by atoms with E-state index < -0.39 is 15.8 Å². The van der Waals surface area contributed by atoms with Crippen molar-refractivity contribution in [2.24, 2.45) is 0 Å². The molecule has 1 aliphatic rings. The zero-order valence-corrected chi connectivity index (χ0v) is 15.1. The van der Waals surface area contributed by atoms with Crippen molar-refractivity contribution in [3.8, 4) is 0 Å². The molecule has 138 valence electrons. The van der Waals surface area contributed by atoms with Gasteiger partial charge in [0.1, 0.15) is 5.82 Å². The highest BCUT2D eigenvalue weighted by atomic mass is 32.2. The SMILES string of the molecule is O=C(c1ccccc1NS(=O)(=O)c1ccc(F)cc1)N1CCCCCC1. The van der Waals surface area contributed by atoms with Crippen LogP contribution in [0.1, 0.15) is 36.0 Å². The molecule has 2 aromatic rings. The number of sulfonamides is 1. The molecule has 0 unspecified atom stereocenters. The van der Waals surface area contributed by atoms with E-state index in [1.165, 1.54) is 12.1 Å². The van der Waals surface area contributed by atoms with Gasteiger partial charge in [0, 0.05) is 13.1 Å². The van der Waals surface area contributed by atoms with Gasteiger partial charge in [-0.3, -0.25) is 9.52 Å². The number of likely N-dealkylation sites (tertiary alicyclic amines) is 1. The van der Waals surface area contributed by atoms with Crippen molar-refractivity contribution in [3.63, 3.8) is 0 Å². The summed E-state index contributed by atoms with van der Waals surface area (Å²) in [7, 11) is -3.91. The summed E-state index contributed by atoms with van der Waals surface area (Å²) in [4.78, 5) is 14.6. The molecule has 26 heavy (non-hydrogen) atoms. The molecule has 7 heteroatoms. The number of amides is 1. The molecule has 0 aliphatic carbocycles. The van der Waals surface area contributed by atoms with E-state index in [-0.39, 0.29) is 16.5 Å². The lowest BCUT2D eigenvalue weighted by atomic mass is 10.1. The summed E-state index contributed by atoms with van der Waals surface area (Å²) >= 11 is 0. The van der Waals surface area contributed by atoms with Crippen LogP contribution in [0.2, 0.25) is 0 Å². The second-order valence-electron chi connectivity index (χ2n) is 6.31. The molecule has 0 bridgehead atoms. The van der Waals surface area contributed by atoms with E-state index >= 15 is 0 Å². The highest BCUT2D eigenvalue weighted by molar-refractivity contribution is 7.92. The number of carbonyl (C=O) groups is 1. The minimum Gasteiger partial charge on any atom is -0.339 e. The van der Waals surface area contributed by atoms with Crippen LogP contribution in [0.15, 0.2) is 53.4 Å². The molecule has 3 rings (SSSR count). The highest BCUT2D eigenvalue weighted by Gasteiger charge is 2.22. The monoisotopic (exact) mass is 376 g/mol. The number of para-hydroxylation sites is 1. The second-order valence-corrected chi connectivity index (χ2v) is 7.99. The van der Waals surface area contributed by atoms with Gasteiger partial charge in [-0.15, -0.1) is 0 Å². The lowest BCUT2D eigenvalue weighted by Gasteiger charge is -2.22. The summed E-state index contributed by atoms with van der Waals surface area (Å²) in [5.41, 5.74) is 0.547. The molecule has 1 heterocycles. The van der Waals surface area contributed by atoms with Gasteiger partial charge in [0.15, 0.2) is 0 Å². The first-order chi connectivity index (χ1) is 12.5. The van der Waals surface area contributed by atoms with Crippen LogP contribution in [0.5, 0.6) is 0 Å². The number of hydrogen-bond donors (Lipinski definition) is 1. The Kier molecular flexibility index (Phi) is 5.56. The van der Waals surface area contributed by atoms with Crippen molar-refractivity contribution in [1.29, 1.82) is 0 Å². The van der Waals surface area contributed by atoms with Crippen LogP contribution in [-0.4, -0.2) is 32.3 Å². The Morgan fingerprint density at radius 1 is 0.923 bits per heavy atom. The van der Waals surface area contributed by atoms with E-state index in [4.69, 9.17) is 0 Å². The number of nitrogens with zero attached hydrogens (tertiary/aromatic N) is 1. The van der Waals surface area contributed by atoms with Gasteiger partial charge >= 0.3 is 0 Å². The van der Waals surface area contributed by atoms with Crippen molar-refractivity contribution in [1.82, 2.24) is 4.90 Å². The van der Waals surface area contributed by atoms with Gasteiger partial charge < -0.3 is 4.90 Å². The molecule has 5 nitrogen and oxygen atoms in total. The topological polar surface area (TPSA) is 66.5 Å². The predicted octanol–water partition coefficient (Wildman–Crippen LogP) is 3.64. The zero-order valence-electron chi connectivity index (χ0n) is 14.3. The van der Waals surface area contributed by atoms with Crippen molar-refractivity contribution in [2.45, 2.75) is 30.6 Å². The molecule has 0 radical (unpaired) electrons. The highest BCUT2D eigenvalue weighted by Crippen LogP contribution is 2.23. The van der Waals surface area contributed by atoms with E-state index in [0.717, 1.165) is 37.8 Å². The van der Waals surface area contributed by atoms with E-state index in [9.17, 15) is 17.6 Å². The number of nitrogens with one attached hydrogen (secondary N) is 1. The summed E-state index contributed by atoms with van der Waals surface area (Å²) in [6.07, 6.45) is 4.11. The van der Waals surface area contributed by atoms with Crippen LogP contribution in [-0.2, 0) is 10.0 Å². The summed E-state index contributed by atoms with van der Waals surface area (Å²) in [5, 5.41) is 0. The number of hydrogen-bond acceptors (Lipinski definition) is 3. The molecule has 1 aliphatic heterocycles. The minimum absolute atomic E-state index is 0.0593. The van der Waals surface area contributed by atoms with Crippen LogP contribution >= 0.6 is 0 Å². The van der Waals surface area contributed by atoms with E-state index in [1.807, 2.05) is 0 Å². The zero-order chi connectivity index (χ0) is 18.6. The fourth-order valence-electron chi connectivity index (χ4n) is 3.02. The van der Waals surface area contributed by atoms with Gasteiger partial charge in [-0.25, -0.2) is 12.8 Å². The van der Waals surface area contributed by atoms with Crippen LogP contribution in [0.4, 0.5) is 10.1 Å². The average Bonchev–Trinajstić information content (AvgIpc) is 2.91. The third kappa shape index (κ3) is 4.22. The van der Waals surface area contributed by atoms with E-state index in [0.29, 0.717) is 18.7 Å². The lowest BCUT2D eigenvalue weighted by molar-refractivity contribution is 0.0762. The molecular formula is C19H21FN2O3S. The number of anilines is 1. The number of halogens is 1. The van der Waals surface area contributed by atoms with Crippen LogP contribution in [0.3, 0.4) is 0 Å². The Morgan fingerprint density at radius 2 is 1.54 bits per heavy atom. The molecule has 0 atom stereocenters. The molecule has 0 aromatic heterocycles. The summed E-state index contributed by atoms with van der Waals surface area (Å²) < 4.78 is 40.6. The Hall–Kier alpha value is -2.41. The molecule has 1 fully saturated rings. The smallest absolute Gasteiger partial charge is 0.261 e. The molecule has 1 N–H and O–H groups in total. The van der Waals surface area contributed by atoms with E-state index in [2.05, 4.69) is 4.72 Å².